The van der Waals surface area contributed by atoms with E-state index in [1.165, 1.54) is 11.3 Å². The third-order valence-electron chi connectivity index (χ3n) is 2.08. The van der Waals surface area contributed by atoms with Crippen molar-refractivity contribution in [1.29, 1.82) is 0 Å². The van der Waals surface area contributed by atoms with Crippen LogP contribution in [0.3, 0.4) is 0 Å². The van der Waals surface area contributed by atoms with E-state index in [4.69, 9.17) is 4.74 Å². The maximum atomic E-state index is 11.6. The molecule has 1 heterocycles. The van der Waals surface area contributed by atoms with Crippen molar-refractivity contribution < 1.29 is 9.53 Å². The minimum Gasteiger partial charge on any atom is -0.457 e. The molecule has 0 fully saturated rings. The molecule has 0 N–H and O–H groups in total. The van der Waals surface area contributed by atoms with E-state index in [0.717, 1.165) is 10.4 Å². The van der Waals surface area contributed by atoms with E-state index < -0.39 is 0 Å². The summed E-state index contributed by atoms with van der Waals surface area (Å²) >= 11 is 1.35. The van der Waals surface area contributed by atoms with Crippen LogP contribution in [0.1, 0.15) is 20.1 Å². The number of hydrogen-bond acceptors (Lipinski definition) is 3. The van der Waals surface area contributed by atoms with E-state index in [9.17, 15) is 4.79 Å². The van der Waals surface area contributed by atoms with Gasteiger partial charge in [0, 0.05) is 4.88 Å². The minimum absolute atomic E-state index is 0.288. The summed E-state index contributed by atoms with van der Waals surface area (Å²) in [6.07, 6.45) is 0. The van der Waals surface area contributed by atoms with Crippen LogP contribution < -0.4 is 0 Å². The lowest BCUT2D eigenvalue weighted by Crippen LogP contribution is -2.02. The molecule has 1 aromatic carbocycles. The first-order chi connectivity index (χ1) is 7.75. The van der Waals surface area contributed by atoms with E-state index in [0.29, 0.717) is 11.5 Å². The van der Waals surface area contributed by atoms with Gasteiger partial charge in [0.2, 0.25) is 0 Å². The van der Waals surface area contributed by atoms with Gasteiger partial charge in [-0.25, -0.2) is 4.79 Å². The Morgan fingerprint density at radius 3 is 2.56 bits per heavy atom. The number of rotatable bonds is 3. The molecular formula is C13H11O2S. The first kappa shape index (κ1) is 10.9. The van der Waals surface area contributed by atoms with E-state index in [-0.39, 0.29) is 5.97 Å². The highest BCUT2D eigenvalue weighted by Gasteiger charge is 2.09. The first-order valence-electron chi connectivity index (χ1n) is 4.88. The highest BCUT2D eigenvalue weighted by atomic mass is 32.1. The zero-order chi connectivity index (χ0) is 11.4. The summed E-state index contributed by atoms with van der Waals surface area (Å²) < 4.78 is 5.17. The summed E-state index contributed by atoms with van der Waals surface area (Å²) in [6, 6.07) is 13.2. The highest BCUT2D eigenvalue weighted by molar-refractivity contribution is 7.14. The Labute approximate surface area is 98.5 Å². The van der Waals surface area contributed by atoms with Gasteiger partial charge >= 0.3 is 5.97 Å². The normalized spacial score (nSPS) is 10.1. The van der Waals surface area contributed by atoms with Crippen LogP contribution in [0.5, 0.6) is 0 Å². The Kier molecular flexibility index (Phi) is 3.37. The molecular weight excluding hydrogens is 220 g/mol. The van der Waals surface area contributed by atoms with Crippen molar-refractivity contribution in [2.45, 2.75) is 6.61 Å². The Balaban J connectivity index is 1.94. The third kappa shape index (κ3) is 2.70. The van der Waals surface area contributed by atoms with Gasteiger partial charge in [-0.15, -0.1) is 11.3 Å². The average Bonchev–Trinajstić information content (AvgIpc) is 2.74. The molecule has 81 valence electrons. The largest absolute Gasteiger partial charge is 0.457 e. The topological polar surface area (TPSA) is 26.3 Å². The van der Waals surface area contributed by atoms with Gasteiger partial charge in [-0.3, -0.25) is 0 Å². The fourth-order valence-corrected chi connectivity index (χ4v) is 1.98. The van der Waals surface area contributed by atoms with Crippen LogP contribution in [0.2, 0.25) is 0 Å². The predicted octanol–water partition coefficient (Wildman–Crippen LogP) is 3.29. The smallest absolute Gasteiger partial charge is 0.348 e. The molecule has 0 bridgehead atoms. The van der Waals surface area contributed by atoms with E-state index >= 15 is 0 Å². The Morgan fingerprint density at radius 1 is 1.19 bits per heavy atom. The number of thiophene rings is 1. The molecule has 0 aliphatic rings. The van der Waals surface area contributed by atoms with Gasteiger partial charge in [-0.1, -0.05) is 30.3 Å². The summed E-state index contributed by atoms with van der Waals surface area (Å²) in [5.74, 6) is -0.288. The van der Waals surface area contributed by atoms with Gasteiger partial charge in [0.05, 0.1) is 0 Å². The number of carbonyl (C=O) groups excluding carboxylic acids is 1. The van der Waals surface area contributed by atoms with Gasteiger partial charge in [-0.2, -0.15) is 0 Å². The first-order valence-corrected chi connectivity index (χ1v) is 5.70. The second kappa shape index (κ2) is 4.94. The molecule has 0 aliphatic heterocycles. The molecule has 0 amide bonds. The highest BCUT2D eigenvalue weighted by Crippen LogP contribution is 2.16. The standard InChI is InChI=1S/C13H11O2S/c1-10-7-8-12(16-10)13(14)15-9-11-5-3-2-4-6-11/h2-8H,1,9H2. The van der Waals surface area contributed by atoms with Crippen LogP contribution >= 0.6 is 11.3 Å². The zero-order valence-electron chi connectivity index (χ0n) is 8.68. The van der Waals surface area contributed by atoms with Crippen LogP contribution in [-0.2, 0) is 11.3 Å². The fourth-order valence-electron chi connectivity index (χ4n) is 1.28. The molecule has 0 saturated carbocycles. The molecule has 1 aromatic heterocycles. The fraction of sp³-hybridized carbons (Fsp3) is 0.0769. The maximum absolute atomic E-state index is 11.6. The maximum Gasteiger partial charge on any atom is 0.348 e. The monoisotopic (exact) mass is 231 g/mol. The van der Waals surface area contributed by atoms with Crippen LogP contribution in [-0.4, -0.2) is 5.97 Å². The molecule has 3 heteroatoms. The number of hydrogen-bond donors (Lipinski definition) is 0. The molecule has 0 unspecified atom stereocenters. The Bertz CT molecular complexity index is 474. The molecule has 1 radical (unpaired) electrons. The van der Waals surface area contributed by atoms with Crippen molar-refractivity contribution in [3.8, 4) is 0 Å². The van der Waals surface area contributed by atoms with Gasteiger partial charge in [0.1, 0.15) is 11.5 Å². The lowest BCUT2D eigenvalue weighted by Gasteiger charge is -2.02. The molecule has 2 aromatic rings. The SMILES string of the molecule is [CH2]c1ccc(C(=O)OCc2ccccc2)s1. The van der Waals surface area contributed by atoms with E-state index in [2.05, 4.69) is 6.92 Å². The molecule has 0 atom stereocenters. The van der Waals surface area contributed by atoms with E-state index in [1.54, 1.807) is 6.07 Å². The van der Waals surface area contributed by atoms with Crippen LogP contribution in [0.25, 0.3) is 0 Å². The van der Waals surface area contributed by atoms with Crippen LogP contribution in [0, 0.1) is 6.92 Å². The Hall–Kier alpha value is -1.61. The minimum atomic E-state index is -0.288. The zero-order valence-corrected chi connectivity index (χ0v) is 9.50. The lowest BCUT2D eigenvalue weighted by molar-refractivity contribution is 0.0478. The van der Waals surface area contributed by atoms with Gasteiger partial charge in [0.15, 0.2) is 0 Å². The molecule has 2 nitrogen and oxygen atoms in total. The summed E-state index contributed by atoms with van der Waals surface area (Å²) in [5.41, 5.74) is 0.988. The number of esters is 1. The number of ether oxygens (including phenoxy) is 1. The van der Waals surface area contributed by atoms with Crippen LogP contribution in [0.15, 0.2) is 42.5 Å². The van der Waals surface area contributed by atoms with Crippen LogP contribution in [0.4, 0.5) is 0 Å². The van der Waals surface area contributed by atoms with Crippen molar-refractivity contribution in [1.82, 2.24) is 0 Å². The second-order valence-corrected chi connectivity index (χ2v) is 4.50. The van der Waals surface area contributed by atoms with Gasteiger partial charge in [-0.05, 0) is 24.6 Å². The van der Waals surface area contributed by atoms with Crippen molar-refractivity contribution >= 4 is 17.3 Å². The predicted molar refractivity (Wildman–Crippen MR) is 64.3 cm³/mol. The molecule has 16 heavy (non-hydrogen) atoms. The average molecular weight is 231 g/mol. The molecule has 0 spiro atoms. The third-order valence-corrected chi connectivity index (χ3v) is 3.00. The quantitative estimate of drug-likeness (QED) is 0.758. The molecule has 0 aliphatic carbocycles. The molecule has 0 saturated heterocycles. The summed E-state index contributed by atoms with van der Waals surface area (Å²) in [7, 11) is 0. The second-order valence-electron chi connectivity index (χ2n) is 3.33. The van der Waals surface area contributed by atoms with Crippen molar-refractivity contribution in [2.75, 3.05) is 0 Å². The molecule has 2 rings (SSSR count). The van der Waals surface area contributed by atoms with Gasteiger partial charge < -0.3 is 4.74 Å². The Morgan fingerprint density at radius 2 is 1.94 bits per heavy atom. The van der Waals surface area contributed by atoms with Crippen molar-refractivity contribution in [3.05, 3.63) is 64.7 Å². The number of carbonyl (C=O) groups is 1. The summed E-state index contributed by atoms with van der Waals surface area (Å²) in [5, 5.41) is 0. The summed E-state index contributed by atoms with van der Waals surface area (Å²) in [6.45, 7) is 4.06. The van der Waals surface area contributed by atoms with E-state index in [1.807, 2.05) is 36.4 Å². The summed E-state index contributed by atoms with van der Waals surface area (Å²) in [4.78, 5) is 13.1. The van der Waals surface area contributed by atoms with Gasteiger partial charge in [0.25, 0.3) is 0 Å². The van der Waals surface area contributed by atoms with Crippen molar-refractivity contribution in [3.63, 3.8) is 0 Å². The van der Waals surface area contributed by atoms with Crippen molar-refractivity contribution in [2.24, 2.45) is 0 Å². The lowest BCUT2D eigenvalue weighted by atomic mass is 10.2. The number of benzene rings is 1.